The topological polar surface area (TPSA) is 63.1 Å². The van der Waals surface area contributed by atoms with Crippen LogP contribution in [0.3, 0.4) is 0 Å². The number of rotatable bonds is 5. The van der Waals surface area contributed by atoms with Crippen molar-refractivity contribution in [3.8, 4) is 0 Å². The smallest absolute Gasteiger partial charge is 0.317 e. The van der Waals surface area contributed by atoms with Gasteiger partial charge in [0.25, 0.3) is 0 Å². The summed E-state index contributed by atoms with van der Waals surface area (Å²) in [6.07, 6.45) is 7.93. The van der Waals surface area contributed by atoms with Gasteiger partial charge >= 0.3 is 6.03 Å². The molecule has 2 aromatic rings. The van der Waals surface area contributed by atoms with Crippen LogP contribution in [0.4, 0.5) is 4.79 Å². The van der Waals surface area contributed by atoms with Crippen LogP contribution in [0.1, 0.15) is 49.1 Å². The fourth-order valence-corrected chi connectivity index (χ4v) is 3.80. The Balaban J connectivity index is 1.45. The molecule has 24 heavy (non-hydrogen) atoms. The average molecular weight is 347 g/mol. The van der Waals surface area contributed by atoms with Crippen molar-refractivity contribution in [2.75, 3.05) is 19.6 Å². The van der Waals surface area contributed by atoms with Crippen molar-refractivity contribution in [2.45, 2.75) is 45.1 Å². The molecule has 6 nitrogen and oxygen atoms in total. The maximum Gasteiger partial charge on any atom is 0.317 e. The minimum absolute atomic E-state index is 0.0427. The second kappa shape index (κ2) is 7.79. The summed E-state index contributed by atoms with van der Waals surface area (Å²) in [6, 6.07) is 0.0427. The van der Waals surface area contributed by atoms with Crippen LogP contribution < -0.4 is 5.32 Å². The zero-order chi connectivity index (χ0) is 16.9. The van der Waals surface area contributed by atoms with E-state index in [1.807, 2.05) is 27.4 Å². The Morgan fingerprint density at radius 1 is 1.46 bits per heavy atom. The molecule has 2 amide bonds. The summed E-state index contributed by atoms with van der Waals surface area (Å²) in [4.78, 5) is 18.6. The number of aromatic nitrogens is 3. The van der Waals surface area contributed by atoms with E-state index in [0.29, 0.717) is 12.5 Å². The third kappa shape index (κ3) is 3.95. The number of likely N-dealkylation sites (tertiary alicyclic amines) is 1. The van der Waals surface area contributed by atoms with Crippen molar-refractivity contribution in [2.24, 2.45) is 0 Å². The van der Waals surface area contributed by atoms with Crippen LogP contribution in [0.2, 0.25) is 0 Å². The van der Waals surface area contributed by atoms with E-state index in [2.05, 4.69) is 35.4 Å². The van der Waals surface area contributed by atoms with E-state index in [0.717, 1.165) is 37.5 Å². The van der Waals surface area contributed by atoms with Gasteiger partial charge in [0, 0.05) is 49.9 Å². The van der Waals surface area contributed by atoms with Gasteiger partial charge in [-0.3, -0.25) is 4.68 Å². The number of nitrogens with zero attached hydrogens (tertiary/aromatic N) is 4. The Labute approximate surface area is 146 Å². The molecule has 1 saturated heterocycles. The summed E-state index contributed by atoms with van der Waals surface area (Å²) in [5, 5.41) is 10.4. The Hall–Kier alpha value is -1.89. The van der Waals surface area contributed by atoms with E-state index < -0.39 is 0 Å². The molecule has 1 aliphatic rings. The van der Waals surface area contributed by atoms with Gasteiger partial charge in [-0.2, -0.15) is 5.10 Å². The number of nitrogens with one attached hydrogen (secondary N) is 1. The lowest BCUT2D eigenvalue weighted by Gasteiger charge is -2.31. The number of carbonyl (C=O) groups excluding carboxylic acids is 1. The molecule has 0 aliphatic carbocycles. The van der Waals surface area contributed by atoms with Gasteiger partial charge in [0.05, 0.1) is 11.2 Å². The molecule has 0 unspecified atom stereocenters. The third-order valence-corrected chi connectivity index (χ3v) is 5.67. The molecular weight excluding hydrogens is 322 g/mol. The fourth-order valence-electron chi connectivity index (χ4n) is 3.10. The maximum atomic E-state index is 12.3. The first-order valence-corrected chi connectivity index (χ1v) is 9.49. The predicted octanol–water partition coefficient (Wildman–Crippen LogP) is 3.05. The van der Waals surface area contributed by atoms with Crippen LogP contribution in [-0.2, 0) is 6.54 Å². The number of thiazole rings is 1. The number of piperidine rings is 1. The lowest BCUT2D eigenvalue weighted by atomic mass is 9.92. The minimum Gasteiger partial charge on any atom is -0.337 e. The highest BCUT2D eigenvalue weighted by molar-refractivity contribution is 7.09. The molecule has 130 valence electrons. The van der Waals surface area contributed by atoms with E-state index >= 15 is 0 Å². The van der Waals surface area contributed by atoms with Crippen LogP contribution in [0, 0.1) is 0 Å². The molecule has 1 fully saturated rings. The monoisotopic (exact) mass is 347 g/mol. The van der Waals surface area contributed by atoms with Crippen LogP contribution in [0.25, 0.3) is 0 Å². The number of hydrogen-bond donors (Lipinski definition) is 1. The largest absolute Gasteiger partial charge is 0.337 e. The van der Waals surface area contributed by atoms with Crippen LogP contribution in [-0.4, -0.2) is 45.3 Å². The van der Waals surface area contributed by atoms with Gasteiger partial charge in [-0.15, -0.1) is 11.3 Å². The van der Waals surface area contributed by atoms with Crippen LogP contribution >= 0.6 is 11.3 Å². The summed E-state index contributed by atoms with van der Waals surface area (Å²) in [5.74, 6) is 0.773. The summed E-state index contributed by atoms with van der Waals surface area (Å²) >= 11 is 1.64. The molecule has 0 bridgehead atoms. The zero-order valence-electron chi connectivity index (χ0n) is 14.3. The molecule has 7 heteroatoms. The summed E-state index contributed by atoms with van der Waals surface area (Å²) < 4.78 is 1.97. The SMILES string of the molecule is CCn1cc(C2CCN(C(=O)NC[C@H](C)c3nccs3)CC2)cn1. The normalized spacial score (nSPS) is 17.0. The first-order valence-electron chi connectivity index (χ1n) is 8.62. The van der Waals surface area contributed by atoms with Crippen LogP contribution in [0.15, 0.2) is 24.0 Å². The lowest BCUT2D eigenvalue weighted by molar-refractivity contribution is 0.181. The van der Waals surface area contributed by atoms with Gasteiger partial charge in [0.2, 0.25) is 0 Å². The molecule has 1 atom stereocenters. The summed E-state index contributed by atoms with van der Waals surface area (Å²) in [7, 11) is 0. The summed E-state index contributed by atoms with van der Waals surface area (Å²) in [6.45, 7) is 7.33. The van der Waals surface area contributed by atoms with Crippen molar-refractivity contribution in [3.05, 3.63) is 34.5 Å². The van der Waals surface area contributed by atoms with Crippen molar-refractivity contribution in [1.29, 1.82) is 0 Å². The van der Waals surface area contributed by atoms with Gasteiger partial charge < -0.3 is 10.2 Å². The van der Waals surface area contributed by atoms with E-state index in [4.69, 9.17) is 0 Å². The Morgan fingerprint density at radius 3 is 2.88 bits per heavy atom. The van der Waals surface area contributed by atoms with E-state index in [1.54, 1.807) is 11.3 Å². The highest BCUT2D eigenvalue weighted by Gasteiger charge is 2.24. The number of carbonyl (C=O) groups is 1. The highest BCUT2D eigenvalue weighted by atomic mass is 32.1. The van der Waals surface area contributed by atoms with Crippen molar-refractivity contribution < 1.29 is 4.79 Å². The molecular formula is C17H25N5OS. The fraction of sp³-hybridized carbons (Fsp3) is 0.588. The second-order valence-electron chi connectivity index (χ2n) is 6.35. The van der Waals surface area contributed by atoms with Gasteiger partial charge in [-0.05, 0) is 31.2 Å². The number of hydrogen-bond acceptors (Lipinski definition) is 4. The van der Waals surface area contributed by atoms with Crippen LogP contribution in [0.5, 0.6) is 0 Å². The molecule has 0 radical (unpaired) electrons. The van der Waals surface area contributed by atoms with Crippen molar-refractivity contribution in [3.63, 3.8) is 0 Å². The van der Waals surface area contributed by atoms with E-state index in [1.165, 1.54) is 5.56 Å². The Kier molecular flexibility index (Phi) is 5.50. The van der Waals surface area contributed by atoms with E-state index in [9.17, 15) is 4.79 Å². The minimum atomic E-state index is 0.0427. The van der Waals surface area contributed by atoms with Gasteiger partial charge in [-0.1, -0.05) is 6.92 Å². The van der Waals surface area contributed by atoms with Gasteiger partial charge in [0.15, 0.2) is 0 Å². The molecule has 3 heterocycles. The predicted molar refractivity (Wildman–Crippen MR) is 95.4 cm³/mol. The van der Waals surface area contributed by atoms with Gasteiger partial charge in [-0.25, -0.2) is 9.78 Å². The molecule has 2 aromatic heterocycles. The number of urea groups is 1. The highest BCUT2D eigenvalue weighted by Crippen LogP contribution is 2.27. The van der Waals surface area contributed by atoms with E-state index in [-0.39, 0.29) is 11.9 Å². The molecule has 3 rings (SSSR count). The van der Waals surface area contributed by atoms with Crippen molar-refractivity contribution in [1.82, 2.24) is 25.0 Å². The number of aryl methyl sites for hydroxylation is 1. The Morgan fingerprint density at radius 2 is 2.25 bits per heavy atom. The third-order valence-electron chi connectivity index (χ3n) is 4.66. The molecule has 1 N–H and O–H groups in total. The summed E-state index contributed by atoms with van der Waals surface area (Å²) in [5.41, 5.74) is 1.30. The standard InChI is InChI=1S/C17H25N5OS/c1-3-22-12-15(11-20-22)14-4-7-21(8-5-14)17(23)19-10-13(2)16-18-6-9-24-16/h6,9,11-14H,3-5,7-8,10H2,1-2H3,(H,19,23)/t13-/m0/s1. The second-order valence-corrected chi connectivity index (χ2v) is 7.27. The molecule has 0 spiro atoms. The van der Waals surface area contributed by atoms with Gasteiger partial charge in [0.1, 0.15) is 0 Å². The lowest BCUT2D eigenvalue weighted by Crippen LogP contribution is -2.45. The molecule has 1 aliphatic heterocycles. The maximum absolute atomic E-state index is 12.3. The molecule has 0 saturated carbocycles. The first kappa shape index (κ1) is 17.0. The molecule has 0 aromatic carbocycles. The average Bonchev–Trinajstić information content (AvgIpc) is 3.30. The number of amides is 2. The quantitative estimate of drug-likeness (QED) is 0.904. The Bertz CT molecular complexity index is 646. The van der Waals surface area contributed by atoms with Crippen molar-refractivity contribution >= 4 is 17.4 Å². The first-order chi connectivity index (χ1) is 11.7. The zero-order valence-corrected chi connectivity index (χ0v) is 15.1.